The minimum absolute atomic E-state index is 0.237. The fourth-order valence-electron chi connectivity index (χ4n) is 2.13. The van der Waals surface area contributed by atoms with E-state index in [9.17, 15) is 4.39 Å². The van der Waals surface area contributed by atoms with Crippen LogP contribution in [0, 0.1) is 12.7 Å². The molecule has 1 heterocycles. The number of hydrogen-bond acceptors (Lipinski definition) is 3. The minimum atomic E-state index is -0.237. The number of anilines is 3. The average molecular weight is 267 g/mol. The zero-order chi connectivity index (χ0) is 14.1. The van der Waals surface area contributed by atoms with Crippen LogP contribution in [0.1, 0.15) is 5.56 Å². The molecule has 0 saturated heterocycles. The maximum Gasteiger partial charge on any atom is 0.128 e. The van der Waals surface area contributed by atoms with Crippen LogP contribution in [0.2, 0.25) is 0 Å². The van der Waals surface area contributed by atoms with Crippen LogP contribution in [-0.2, 0) is 0 Å². The maximum absolute atomic E-state index is 13.6. The molecule has 0 aliphatic rings. The molecule has 0 aliphatic carbocycles. The highest BCUT2D eigenvalue weighted by atomic mass is 19.1. The number of aryl methyl sites for hydroxylation is 1. The SMILES string of the molecule is Cc1ccc(Nc2ccc3cnccc3c2N)cc1F. The van der Waals surface area contributed by atoms with Crippen molar-refractivity contribution in [2.75, 3.05) is 11.1 Å². The van der Waals surface area contributed by atoms with Gasteiger partial charge in [0.25, 0.3) is 0 Å². The lowest BCUT2D eigenvalue weighted by molar-refractivity contribution is 0.619. The van der Waals surface area contributed by atoms with E-state index in [0.29, 0.717) is 16.9 Å². The Balaban J connectivity index is 2.02. The van der Waals surface area contributed by atoms with E-state index in [1.807, 2.05) is 24.3 Å². The van der Waals surface area contributed by atoms with Crippen molar-refractivity contribution < 1.29 is 4.39 Å². The molecule has 0 fully saturated rings. The zero-order valence-electron chi connectivity index (χ0n) is 11.0. The molecule has 0 saturated carbocycles. The number of fused-ring (bicyclic) bond motifs is 1. The monoisotopic (exact) mass is 267 g/mol. The Labute approximate surface area is 116 Å². The molecule has 3 rings (SSSR count). The summed E-state index contributed by atoms with van der Waals surface area (Å²) in [5, 5.41) is 5.05. The van der Waals surface area contributed by atoms with E-state index in [1.54, 1.807) is 25.4 Å². The fourth-order valence-corrected chi connectivity index (χ4v) is 2.13. The van der Waals surface area contributed by atoms with Crippen molar-refractivity contribution in [3.05, 3.63) is 60.2 Å². The molecule has 100 valence electrons. The molecule has 4 heteroatoms. The summed E-state index contributed by atoms with van der Waals surface area (Å²) in [6, 6.07) is 10.7. The van der Waals surface area contributed by atoms with E-state index in [-0.39, 0.29) is 5.82 Å². The molecule has 3 nitrogen and oxygen atoms in total. The number of nitrogens with zero attached hydrogens (tertiary/aromatic N) is 1. The lowest BCUT2D eigenvalue weighted by Gasteiger charge is -2.12. The summed E-state index contributed by atoms with van der Waals surface area (Å²) in [6.45, 7) is 1.73. The second kappa shape index (κ2) is 4.81. The molecule has 0 atom stereocenters. The second-order valence-corrected chi connectivity index (χ2v) is 4.71. The minimum Gasteiger partial charge on any atom is -0.397 e. The molecule has 0 spiro atoms. The number of nitrogens with one attached hydrogen (secondary N) is 1. The van der Waals surface area contributed by atoms with Gasteiger partial charge in [-0.1, -0.05) is 12.1 Å². The first-order valence-electron chi connectivity index (χ1n) is 6.30. The summed E-state index contributed by atoms with van der Waals surface area (Å²) in [5.74, 6) is -0.237. The van der Waals surface area contributed by atoms with Crippen LogP contribution in [0.3, 0.4) is 0 Å². The predicted octanol–water partition coefficient (Wildman–Crippen LogP) is 4.01. The Hall–Kier alpha value is -2.62. The van der Waals surface area contributed by atoms with Gasteiger partial charge in [-0.15, -0.1) is 0 Å². The van der Waals surface area contributed by atoms with Gasteiger partial charge in [-0.05, 0) is 36.8 Å². The third-order valence-electron chi connectivity index (χ3n) is 3.31. The molecule has 3 N–H and O–H groups in total. The lowest BCUT2D eigenvalue weighted by Crippen LogP contribution is -1.98. The summed E-state index contributed by atoms with van der Waals surface area (Å²) < 4.78 is 13.6. The number of rotatable bonds is 2. The first kappa shape index (κ1) is 12.4. The third-order valence-corrected chi connectivity index (χ3v) is 3.31. The van der Waals surface area contributed by atoms with Crippen LogP contribution < -0.4 is 11.1 Å². The number of nitrogen functional groups attached to an aromatic ring is 1. The summed E-state index contributed by atoms with van der Waals surface area (Å²) in [6.07, 6.45) is 3.47. The fraction of sp³-hybridized carbons (Fsp3) is 0.0625. The highest BCUT2D eigenvalue weighted by molar-refractivity contribution is 5.99. The van der Waals surface area contributed by atoms with Crippen LogP contribution in [-0.4, -0.2) is 4.98 Å². The van der Waals surface area contributed by atoms with Gasteiger partial charge < -0.3 is 11.1 Å². The Kier molecular flexibility index (Phi) is 2.99. The van der Waals surface area contributed by atoms with Gasteiger partial charge in [0.1, 0.15) is 5.82 Å². The summed E-state index contributed by atoms with van der Waals surface area (Å²) in [4.78, 5) is 4.06. The Morgan fingerprint density at radius 1 is 1.15 bits per heavy atom. The predicted molar refractivity (Wildman–Crippen MR) is 80.6 cm³/mol. The smallest absolute Gasteiger partial charge is 0.128 e. The maximum atomic E-state index is 13.6. The van der Waals surface area contributed by atoms with Gasteiger partial charge in [0.2, 0.25) is 0 Å². The van der Waals surface area contributed by atoms with E-state index < -0.39 is 0 Å². The van der Waals surface area contributed by atoms with E-state index in [1.165, 1.54) is 6.07 Å². The highest BCUT2D eigenvalue weighted by Gasteiger charge is 2.06. The van der Waals surface area contributed by atoms with Gasteiger partial charge in [-0.25, -0.2) is 4.39 Å². The molecule has 0 bridgehead atoms. The number of hydrogen-bond donors (Lipinski definition) is 2. The van der Waals surface area contributed by atoms with Crippen LogP contribution in [0.15, 0.2) is 48.8 Å². The van der Waals surface area contributed by atoms with Gasteiger partial charge in [-0.3, -0.25) is 4.98 Å². The van der Waals surface area contributed by atoms with Crippen molar-refractivity contribution in [2.45, 2.75) is 6.92 Å². The molecule has 0 amide bonds. The van der Waals surface area contributed by atoms with Crippen LogP contribution in [0.25, 0.3) is 10.8 Å². The number of aromatic nitrogens is 1. The highest BCUT2D eigenvalue weighted by Crippen LogP contribution is 2.30. The van der Waals surface area contributed by atoms with Gasteiger partial charge in [0, 0.05) is 28.9 Å². The summed E-state index contributed by atoms with van der Waals surface area (Å²) in [5.41, 5.74) is 8.83. The van der Waals surface area contributed by atoms with E-state index in [0.717, 1.165) is 16.5 Å². The van der Waals surface area contributed by atoms with Crippen molar-refractivity contribution in [1.29, 1.82) is 0 Å². The van der Waals surface area contributed by atoms with Crippen LogP contribution in [0.5, 0.6) is 0 Å². The van der Waals surface area contributed by atoms with Gasteiger partial charge in [0.05, 0.1) is 11.4 Å². The molecular formula is C16H14FN3. The first-order valence-corrected chi connectivity index (χ1v) is 6.30. The van der Waals surface area contributed by atoms with Crippen molar-refractivity contribution >= 4 is 27.8 Å². The van der Waals surface area contributed by atoms with Gasteiger partial charge >= 0.3 is 0 Å². The van der Waals surface area contributed by atoms with E-state index in [4.69, 9.17) is 5.73 Å². The van der Waals surface area contributed by atoms with Gasteiger partial charge in [-0.2, -0.15) is 0 Å². The van der Waals surface area contributed by atoms with Crippen molar-refractivity contribution in [3.63, 3.8) is 0 Å². The number of halogens is 1. The number of benzene rings is 2. The Morgan fingerprint density at radius 2 is 2.00 bits per heavy atom. The lowest BCUT2D eigenvalue weighted by atomic mass is 10.1. The Morgan fingerprint density at radius 3 is 2.80 bits per heavy atom. The van der Waals surface area contributed by atoms with Crippen molar-refractivity contribution in [3.8, 4) is 0 Å². The molecule has 3 aromatic rings. The van der Waals surface area contributed by atoms with Crippen LogP contribution in [0.4, 0.5) is 21.5 Å². The normalized spacial score (nSPS) is 10.7. The molecular weight excluding hydrogens is 253 g/mol. The largest absolute Gasteiger partial charge is 0.397 e. The molecule has 20 heavy (non-hydrogen) atoms. The third kappa shape index (κ3) is 2.16. The van der Waals surface area contributed by atoms with Crippen LogP contribution >= 0.6 is 0 Å². The Bertz CT molecular complexity index is 784. The van der Waals surface area contributed by atoms with E-state index >= 15 is 0 Å². The van der Waals surface area contributed by atoms with Crippen molar-refractivity contribution in [2.24, 2.45) is 0 Å². The summed E-state index contributed by atoms with van der Waals surface area (Å²) >= 11 is 0. The average Bonchev–Trinajstić information content (AvgIpc) is 2.46. The second-order valence-electron chi connectivity index (χ2n) is 4.71. The molecule has 0 aliphatic heterocycles. The van der Waals surface area contributed by atoms with E-state index in [2.05, 4.69) is 10.3 Å². The zero-order valence-corrected chi connectivity index (χ0v) is 11.0. The standard InChI is InChI=1S/C16H14FN3/c1-10-2-4-12(8-14(10)17)20-15-5-3-11-9-19-7-6-13(11)16(15)18/h2-9,20H,18H2,1H3. The first-order chi connectivity index (χ1) is 9.65. The van der Waals surface area contributed by atoms with Crippen molar-refractivity contribution in [1.82, 2.24) is 4.98 Å². The quantitative estimate of drug-likeness (QED) is 0.690. The summed E-state index contributed by atoms with van der Waals surface area (Å²) in [7, 11) is 0. The number of nitrogens with two attached hydrogens (primary N) is 1. The number of pyridine rings is 1. The molecule has 0 radical (unpaired) electrons. The topological polar surface area (TPSA) is 50.9 Å². The molecule has 2 aromatic carbocycles. The van der Waals surface area contributed by atoms with Gasteiger partial charge in [0.15, 0.2) is 0 Å². The molecule has 1 aromatic heterocycles. The molecule has 0 unspecified atom stereocenters.